The van der Waals surface area contributed by atoms with E-state index in [1.165, 1.54) is 11.6 Å². The summed E-state index contributed by atoms with van der Waals surface area (Å²) < 4.78 is 9.38. The van der Waals surface area contributed by atoms with E-state index >= 15 is 0 Å². The van der Waals surface area contributed by atoms with Crippen LogP contribution >= 0.6 is 15.9 Å². The fourth-order valence-corrected chi connectivity index (χ4v) is 3.58. The number of nitrogens with one attached hydrogen (secondary N) is 1. The molecule has 1 N–H and O–H groups in total. The summed E-state index contributed by atoms with van der Waals surface area (Å²) in [6, 6.07) is 14.7. The van der Waals surface area contributed by atoms with Crippen LogP contribution in [0.25, 0.3) is 0 Å². The van der Waals surface area contributed by atoms with E-state index in [1.807, 2.05) is 42.5 Å². The lowest BCUT2D eigenvalue weighted by atomic mass is 10.00. The summed E-state index contributed by atoms with van der Waals surface area (Å²) in [5.41, 5.74) is 1.22. The van der Waals surface area contributed by atoms with Crippen molar-refractivity contribution in [2.45, 2.75) is 6.04 Å². The van der Waals surface area contributed by atoms with Gasteiger partial charge in [0, 0.05) is 18.6 Å². The number of rotatable bonds is 1. The number of anilines is 1. The maximum Gasteiger partial charge on any atom is 0.333 e. The van der Waals surface area contributed by atoms with E-state index in [4.69, 9.17) is 4.74 Å². The van der Waals surface area contributed by atoms with Crippen LogP contribution in [-0.4, -0.2) is 9.13 Å². The molecule has 4 rings (SSSR count). The van der Waals surface area contributed by atoms with Crippen molar-refractivity contribution in [1.29, 1.82) is 0 Å². The van der Waals surface area contributed by atoms with Gasteiger partial charge in [0.15, 0.2) is 5.75 Å². The van der Waals surface area contributed by atoms with Crippen LogP contribution in [0.15, 0.2) is 62.6 Å². The van der Waals surface area contributed by atoms with E-state index in [9.17, 15) is 9.59 Å². The molecular weight excluding hydrogens is 398 g/mol. The number of nitrogens with zero attached hydrogens (tertiary/aromatic N) is 2. The SMILES string of the molecule is Cn1c2c(c(=O)n(C)c1=O)[C@@H](c1cccc(Br)c1)Nc1ccccc1O2. The minimum Gasteiger partial charge on any atom is -0.438 e. The van der Waals surface area contributed by atoms with Crippen molar-refractivity contribution >= 4 is 21.6 Å². The first kappa shape index (κ1) is 16.7. The van der Waals surface area contributed by atoms with Crippen molar-refractivity contribution in [1.82, 2.24) is 9.13 Å². The smallest absolute Gasteiger partial charge is 0.333 e. The van der Waals surface area contributed by atoms with Crippen LogP contribution in [0.5, 0.6) is 11.6 Å². The van der Waals surface area contributed by atoms with E-state index in [-0.39, 0.29) is 11.4 Å². The number of hydrogen-bond donors (Lipinski definition) is 1. The van der Waals surface area contributed by atoms with Crippen molar-refractivity contribution in [2.24, 2.45) is 14.1 Å². The number of aromatic nitrogens is 2. The molecule has 1 aliphatic rings. The molecule has 0 spiro atoms. The number of hydrogen-bond acceptors (Lipinski definition) is 4. The molecule has 2 heterocycles. The summed E-state index contributed by atoms with van der Waals surface area (Å²) in [4.78, 5) is 25.4. The minimum atomic E-state index is -0.461. The van der Waals surface area contributed by atoms with E-state index < -0.39 is 11.7 Å². The Labute approximate surface area is 157 Å². The predicted octanol–water partition coefficient (Wildman–Crippen LogP) is 3.15. The molecule has 0 amide bonds. The fraction of sp³-hybridized carbons (Fsp3) is 0.158. The van der Waals surface area contributed by atoms with Crippen LogP contribution in [0.3, 0.4) is 0 Å². The van der Waals surface area contributed by atoms with Crippen molar-refractivity contribution in [3.63, 3.8) is 0 Å². The Morgan fingerprint density at radius 3 is 2.58 bits per heavy atom. The van der Waals surface area contributed by atoms with Crippen LogP contribution < -0.4 is 21.3 Å². The molecule has 1 atom stereocenters. The highest BCUT2D eigenvalue weighted by atomic mass is 79.9. The first-order valence-electron chi connectivity index (χ1n) is 8.06. The van der Waals surface area contributed by atoms with Gasteiger partial charge in [-0.3, -0.25) is 13.9 Å². The summed E-state index contributed by atoms with van der Waals surface area (Å²) in [5, 5.41) is 3.40. The average Bonchev–Trinajstić information content (AvgIpc) is 2.82. The van der Waals surface area contributed by atoms with Gasteiger partial charge in [0.2, 0.25) is 5.88 Å². The molecule has 6 nitrogen and oxygen atoms in total. The molecule has 0 fully saturated rings. The van der Waals surface area contributed by atoms with Gasteiger partial charge in [0.1, 0.15) is 5.56 Å². The molecule has 26 heavy (non-hydrogen) atoms. The highest BCUT2D eigenvalue weighted by Gasteiger charge is 2.30. The Morgan fingerprint density at radius 2 is 1.81 bits per heavy atom. The lowest BCUT2D eigenvalue weighted by molar-refractivity contribution is 0.420. The standard InChI is InChI=1S/C19H16BrN3O3/c1-22-17(24)15-16(11-6-5-7-12(20)10-11)21-13-8-3-4-9-14(13)26-18(15)23(2)19(22)25/h3-10,16,21H,1-2H3/t16-/m1/s1. The molecule has 7 heteroatoms. The maximum absolute atomic E-state index is 13.0. The molecule has 1 aliphatic heterocycles. The summed E-state index contributed by atoms with van der Waals surface area (Å²) in [5.74, 6) is 0.815. The van der Waals surface area contributed by atoms with E-state index in [0.717, 1.165) is 20.3 Å². The zero-order valence-corrected chi connectivity index (χ0v) is 15.8. The van der Waals surface area contributed by atoms with Gasteiger partial charge in [-0.25, -0.2) is 4.79 Å². The van der Waals surface area contributed by atoms with Crippen molar-refractivity contribution in [2.75, 3.05) is 5.32 Å². The van der Waals surface area contributed by atoms with Crippen molar-refractivity contribution in [3.05, 3.63) is 85.0 Å². The second kappa shape index (κ2) is 6.17. The lowest BCUT2D eigenvalue weighted by Crippen LogP contribution is -2.40. The second-order valence-corrected chi connectivity index (χ2v) is 7.07. The monoisotopic (exact) mass is 413 g/mol. The molecule has 0 bridgehead atoms. The molecule has 132 valence electrons. The Kier molecular flexibility index (Phi) is 3.96. The number of para-hydroxylation sites is 2. The summed E-state index contributed by atoms with van der Waals surface area (Å²) in [6.45, 7) is 0. The van der Waals surface area contributed by atoms with E-state index in [1.54, 1.807) is 13.1 Å². The molecule has 3 aromatic rings. The average molecular weight is 414 g/mol. The van der Waals surface area contributed by atoms with E-state index in [2.05, 4.69) is 21.2 Å². The second-order valence-electron chi connectivity index (χ2n) is 6.16. The first-order chi connectivity index (χ1) is 12.5. The van der Waals surface area contributed by atoms with Gasteiger partial charge in [0.05, 0.1) is 11.7 Å². The minimum absolute atomic E-state index is 0.250. The highest BCUT2D eigenvalue weighted by Crippen LogP contribution is 2.40. The summed E-state index contributed by atoms with van der Waals surface area (Å²) >= 11 is 3.48. The molecule has 0 saturated carbocycles. The third-order valence-electron chi connectivity index (χ3n) is 4.51. The van der Waals surface area contributed by atoms with Gasteiger partial charge in [0.25, 0.3) is 5.56 Å². The molecule has 1 aromatic heterocycles. The molecule has 2 aromatic carbocycles. The first-order valence-corrected chi connectivity index (χ1v) is 8.85. The van der Waals surface area contributed by atoms with Crippen LogP contribution in [0, 0.1) is 0 Å². The largest absolute Gasteiger partial charge is 0.438 e. The Bertz CT molecular complexity index is 1130. The van der Waals surface area contributed by atoms with Gasteiger partial charge in [-0.05, 0) is 29.8 Å². The normalized spacial score (nSPS) is 15.3. The number of fused-ring (bicyclic) bond motifs is 2. The molecular formula is C19H16BrN3O3. The quantitative estimate of drug-likeness (QED) is 0.665. The molecule has 0 radical (unpaired) electrons. The van der Waals surface area contributed by atoms with Crippen LogP contribution in [-0.2, 0) is 14.1 Å². The van der Waals surface area contributed by atoms with Crippen molar-refractivity contribution in [3.8, 4) is 11.6 Å². The molecule has 0 saturated heterocycles. The molecule has 0 aliphatic carbocycles. The third kappa shape index (κ3) is 2.55. The van der Waals surface area contributed by atoms with Crippen LogP contribution in [0.2, 0.25) is 0 Å². The maximum atomic E-state index is 13.0. The summed E-state index contributed by atoms with van der Waals surface area (Å²) in [6.07, 6.45) is 0. The zero-order chi connectivity index (χ0) is 18.4. The number of benzene rings is 2. The Morgan fingerprint density at radius 1 is 1.04 bits per heavy atom. The topological polar surface area (TPSA) is 65.3 Å². The van der Waals surface area contributed by atoms with Gasteiger partial charge in [-0.15, -0.1) is 0 Å². The van der Waals surface area contributed by atoms with E-state index in [0.29, 0.717) is 11.3 Å². The molecule has 0 unspecified atom stereocenters. The highest BCUT2D eigenvalue weighted by molar-refractivity contribution is 9.10. The number of ether oxygens (including phenoxy) is 1. The Hall–Kier alpha value is -2.80. The van der Waals surface area contributed by atoms with Crippen LogP contribution in [0.4, 0.5) is 5.69 Å². The van der Waals surface area contributed by atoms with Gasteiger partial charge >= 0.3 is 5.69 Å². The van der Waals surface area contributed by atoms with Gasteiger partial charge in [-0.2, -0.15) is 0 Å². The fourth-order valence-electron chi connectivity index (χ4n) is 3.16. The van der Waals surface area contributed by atoms with Gasteiger partial charge < -0.3 is 10.1 Å². The number of halogens is 1. The summed E-state index contributed by atoms with van der Waals surface area (Å²) in [7, 11) is 3.08. The lowest BCUT2D eigenvalue weighted by Gasteiger charge is -2.20. The van der Waals surface area contributed by atoms with Crippen molar-refractivity contribution < 1.29 is 4.74 Å². The Balaban J connectivity index is 2.07. The third-order valence-corrected chi connectivity index (χ3v) is 5.00. The van der Waals surface area contributed by atoms with Gasteiger partial charge in [-0.1, -0.05) is 40.2 Å². The zero-order valence-electron chi connectivity index (χ0n) is 14.2. The van der Waals surface area contributed by atoms with Crippen LogP contribution in [0.1, 0.15) is 17.2 Å². The predicted molar refractivity (Wildman–Crippen MR) is 103 cm³/mol.